The molecule has 1 aromatic heterocycles. The van der Waals surface area contributed by atoms with E-state index in [9.17, 15) is 0 Å². The van der Waals surface area contributed by atoms with Crippen molar-refractivity contribution in [1.29, 1.82) is 5.26 Å². The van der Waals surface area contributed by atoms with E-state index in [4.69, 9.17) is 5.26 Å². The van der Waals surface area contributed by atoms with Crippen molar-refractivity contribution in [3.63, 3.8) is 0 Å². The molecular formula is C11H16N4. The van der Waals surface area contributed by atoms with E-state index >= 15 is 0 Å². The molecule has 0 spiro atoms. The first-order valence-electron chi connectivity index (χ1n) is 5.48. The van der Waals surface area contributed by atoms with Crippen LogP contribution in [0, 0.1) is 11.3 Å². The maximum absolute atomic E-state index is 8.90. The van der Waals surface area contributed by atoms with Crippen LogP contribution in [-0.4, -0.2) is 15.6 Å². The van der Waals surface area contributed by atoms with E-state index in [1.807, 2.05) is 17.7 Å². The molecule has 1 aliphatic rings. The molecule has 1 N–H and O–H groups in total. The number of rotatable bonds is 5. The van der Waals surface area contributed by atoms with Gasteiger partial charge in [0.25, 0.3) is 0 Å². The minimum absolute atomic E-state index is 0.0767. The third kappa shape index (κ3) is 2.57. The van der Waals surface area contributed by atoms with Crippen LogP contribution in [0.3, 0.4) is 0 Å². The van der Waals surface area contributed by atoms with Crippen LogP contribution in [0.2, 0.25) is 0 Å². The minimum Gasteiger partial charge on any atom is -0.321 e. The summed E-state index contributed by atoms with van der Waals surface area (Å²) in [5.74, 6) is 0. The molecule has 4 nitrogen and oxygen atoms in total. The van der Waals surface area contributed by atoms with Crippen molar-refractivity contribution in [3.8, 4) is 6.07 Å². The summed E-state index contributed by atoms with van der Waals surface area (Å²) >= 11 is 0. The van der Waals surface area contributed by atoms with Gasteiger partial charge < -0.3 is 9.88 Å². The fourth-order valence-electron chi connectivity index (χ4n) is 1.55. The largest absolute Gasteiger partial charge is 0.321 e. The molecule has 0 amide bonds. The van der Waals surface area contributed by atoms with Crippen LogP contribution in [-0.2, 0) is 6.54 Å². The molecule has 15 heavy (non-hydrogen) atoms. The first kappa shape index (κ1) is 10.2. The second-order valence-electron chi connectivity index (χ2n) is 4.02. The summed E-state index contributed by atoms with van der Waals surface area (Å²) in [6, 6.07) is 2.89. The molecule has 2 rings (SSSR count). The van der Waals surface area contributed by atoms with Gasteiger partial charge in [0, 0.05) is 18.8 Å². The number of imidazole rings is 1. The van der Waals surface area contributed by atoms with E-state index < -0.39 is 0 Å². The Morgan fingerprint density at radius 3 is 3.13 bits per heavy atom. The number of hydrogen-bond acceptors (Lipinski definition) is 3. The zero-order valence-electron chi connectivity index (χ0n) is 8.98. The van der Waals surface area contributed by atoms with E-state index in [2.05, 4.69) is 16.4 Å². The number of nitrogens with zero attached hydrogens (tertiary/aromatic N) is 3. The molecule has 1 fully saturated rings. The van der Waals surface area contributed by atoms with Crippen LogP contribution in [0.25, 0.3) is 0 Å². The van der Waals surface area contributed by atoms with Crippen molar-refractivity contribution in [3.05, 3.63) is 18.2 Å². The molecule has 0 saturated heterocycles. The summed E-state index contributed by atoms with van der Waals surface area (Å²) in [6.07, 6.45) is 7.11. The Labute approximate surface area is 89.9 Å². The molecule has 80 valence electrons. The van der Waals surface area contributed by atoms with Gasteiger partial charge in [0.2, 0.25) is 0 Å². The second kappa shape index (κ2) is 4.45. The summed E-state index contributed by atoms with van der Waals surface area (Å²) < 4.78 is 1.89. The molecule has 1 heterocycles. The number of nitrogens with one attached hydrogen (secondary N) is 1. The van der Waals surface area contributed by atoms with Crippen molar-refractivity contribution in [2.24, 2.45) is 0 Å². The van der Waals surface area contributed by atoms with Crippen LogP contribution in [0.1, 0.15) is 37.9 Å². The van der Waals surface area contributed by atoms with Crippen LogP contribution in [0.5, 0.6) is 0 Å². The SMILES string of the molecule is CCC(C#N)n1cnc(CNC2CC2)c1. The normalized spacial score (nSPS) is 17.3. The van der Waals surface area contributed by atoms with Crippen molar-refractivity contribution in [2.75, 3.05) is 0 Å². The topological polar surface area (TPSA) is 53.6 Å². The summed E-state index contributed by atoms with van der Waals surface area (Å²) in [5.41, 5.74) is 1.02. The van der Waals surface area contributed by atoms with Crippen LogP contribution >= 0.6 is 0 Å². The molecule has 1 atom stereocenters. The van der Waals surface area contributed by atoms with Gasteiger partial charge in [0.1, 0.15) is 6.04 Å². The van der Waals surface area contributed by atoms with Gasteiger partial charge in [0.05, 0.1) is 18.1 Å². The third-order valence-corrected chi connectivity index (χ3v) is 2.70. The average molecular weight is 204 g/mol. The van der Waals surface area contributed by atoms with Crippen molar-refractivity contribution in [1.82, 2.24) is 14.9 Å². The highest BCUT2D eigenvalue weighted by molar-refractivity contribution is 5.02. The molecule has 0 aliphatic heterocycles. The summed E-state index contributed by atoms with van der Waals surface area (Å²) in [7, 11) is 0. The lowest BCUT2D eigenvalue weighted by molar-refractivity contribution is 0.595. The Morgan fingerprint density at radius 1 is 1.73 bits per heavy atom. The number of hydrogen-bond donors (Lipinski definition) is 1. The smallest absolute Gasteiger partial charge is 0.121 e. The highest BCUT2D eigenvalue weighted by Crippen LogP contribution is 2.19. The van der Waals surface area contributed by atoms with Crippen molar-refractivity contribution >= 4 is 0 Å². The first-order valence-corrected chi connectivity index (χ1v) is 5.48. The lowest BCUT2D eigenvalue weighted by atomic mass is 10.2. The number of aromatic nitrogens is 2. The fourth-order valence-corrected chi connectivity index (χ4v) is 1.55. The lowest BCUT2D eigenvalue weighted by Crippen LogP contribution is -2.15. The van der Waals surface area contributed by atoms with Crippen molar-refractivity contribution in [2.45, 2.75) is 44.8 Å². The molecule has 1 aromatic rings. The fraction of sp³-hybridized carbons (Fsp3) is 0.636. The Bertz CT molecular complexity index is 359. The second-order valence-corrected chi connectivity index (χ2v) is 4.02. The van der Waals surface area contributed by atoms with Crippen LogP contribution < -0.4 is 5.32 Å². The molecular weight excluding hydrogens is 188 g/mol. The van der Waals surface area contributed by atoms with E-state index in [0.29, 0.717) is 6.04 Å². The van der Waals surface area contributed by atoms with Crippen LogP contribution in [0.15, 0.2) is 12.5 Å². The van der Waals surface area contributed by atoms with Gasteiger partial charge in [-0.05, 0) is 19.3 Å². The van der Waals surface area contributed by atoms with Gasteiger partial charge in [-0.2, -0.15) is 5.26 Å². The molecule has 0 bridgehead atoms. The number of nitriles is 1. The van der Waals surface area contributed by atoms with E-state index in [-0.39, 0.29) is 6.04 Å². The van der Waals surface area contributed by atoms with Gasteiger partial charge in [-0.3, -0.25) is 0 Å². The molecule has 1 aliphatic carbocycles. The van der Waals surface area contributed by atoms with Crippen molar-refractivity contribution < 1.29 is 0 Å². The zero-order chi connectivity index (χ0) is 10.7. The van der Waals surface area contributed by atoms with Gasteiger partial charge in [-0.15, -0.1) is 0 Å². The summed E-state index contributed by atoms with van der Waals surface area (Å²) in [5, 5.41) is 12.3. The molecule has 1 saturated carbocycles. The van der Waals surface area contributed by atoms with Crippen LogP contribution in [0.4, 0.5) is 0 Å². The quantitative estimate of drug-likeness (QED) is 0.792. The summed E-state index contributed by atoms with van der Waals surface area (Å²) in [6.45, 7) is 2.83. The Kier molecular flexibility index (Phi) is 3.02. The van der Waals surface area contributed by atoms with Gasteiger partial charge in [-0.1, -0.05) is 6.92 Å². The molecule has 4 heteroatoms. The van der Waals surface area contributed by atoms with Gasteiger partial charge >= 0.3 is 0 Å². The maximum Gasteiger partial charge on any atom is 0.121 e. The zero-order valence-corrected chi connectivity index (χ0v) is 8.98. The van der Waals surface area contributed by atoms with Gasteiger partial charge in [0.15, 0.2) is 0 Å². The monoisotopic (exact) mass is 204 g/mol. The van der Waals surface area contributed by atoms with E-state index in [1.54, 1.807) is 6.33 Å². The Morgan fingerprint density at radius 2 is 2.53 bits per heavy atom. The van der Waals surface area contributed by atoms with Gasteiger partial charge in [-0.25, -0.2) is 4.98 Å². The summed E-state index contributed by atoms with van der Waals surface area (Å²) in [4.78, 5) is 4.28. The third-order valence-electron chi connectivity index (χ3n) is 2.70. The minimum atomic E-state index is -0.0767. The first-order chi connectivity index (χ1) is 7.33. The molecule has 1 unspecified atom stereocenters. The van der Waals surface area contributed by atoms with E-state index in [1.165, 1.54) is 12.8 Å². The predicted octanol–water partition coefficient (Wildman–Crippen LogP) is 1.61. The average Bonchev–Trinajstić information content (AvgIpc) is 2.97. The highest BCUT2D eigenvalue weighted by Gasteiger charge is 2.20. The predicted molar refractivity (Wildman–Crippen MR) is 57.0 cm³/mol. The molecule has 0 aromatic carbocycles. The van der Waals surface area contributed by atoms with E-state index in [0.717, 1.165) is 18.7 Å². The molecule has 0 radical (unpaired) electrons. The standard InChI is InChI=1S/C11H16N4/c1-2-11(5-12)15-7-10(14-8-15)6-13-9-3-4-9/h7-9,11,13H,2-4,6H2,1H3. The maximum atomic E-state index is 8.90. The lowest BCUT2D eigenvalue weighted by Gasteiger charge is -2.05. The Balaban J connectivity index is 1.93. The highest BCUT2D eigenvalue weighted by atomic mass is 15.1. The Hall–Kier alpha value is -1.34.